The molecule has 0 radical (unpaired) electrons. The summed E-state index contributed by atoms with van der Waals surface area (Å²) >= 11 is 0. The summed E-state index contributed by atoms with van der Waals surface area (Å²) in [5, 5.41) is 2.70. The molecule has 1 fully saturated rings. The Labute approximate surface area is 160 Å². The average Bonchev–Trinajstić information content (AvgIpc) is 2.77. The zero-order valence-corrected chi connectivity index (χ0v) is 16.2. The highest BCUT2D eigenvalue weighted by Crippen LogP contribution is 2.39. The number of halogens is 4. The second-order valence-electron chi connectivity index (χ2n) is 6.70. The molecule has 1 heterocycles. The number of rotatable bonds is 4. The monoisotopic (exact) mass is 406 g/mol. The second kappa shape index (κ2) is 8.98. The van der Waals surface area contributed by atoms with Gasteiger partial charge in [-0.25, -0.2) is 0 Å². The first-order valence-corrected chi connectivity index (χ1v) is 8.24. The molecule has 1 aliphatic rings. The predicted molar refractivity (Wildman–Crippen MR) is 96.1 cm³/mol. The molecule has 0 atom stereocenters. The van der Waals surface area contributed by atoms with Crippen LogP contribution in [-0.4, -0.2) is 37.7 Å². The Bertz CT molecular complexity index is 708. The van der Waals surface area contributed by atoms with Crippen molar-refractivity contribution in [3.05, 3.63) is 41.9 Å². The number of allylic oxidation sites excluding steroid dienone is 1. The van der Waals surface area contributed by atoms with Gasteiger partial charge in [-0.05, 0) is 52.0 Å². The number of hydrazine groups is 1. The van der Waals surface area contributed by atoms with Crippen molar-refractivity contribution < 1.29 is 41.4 Å². The molecule has 1 saturated heterocycles. The fourth-order valence-electron chi connectivity index (χ4n) is 1.87. The largest absolute Gasteiger partial charge is 0.673 e. The first kappa shape index (κ1) is 23.3. The highest BCUT2D eigenvalue weighted by atomic mass is 19.5. The quantitative estimate of drug-likeness (QED) is 0.348. The highest BCUT2D eigenvalue weighted by molar-refractivity contribution is 6.50. The minimum absolute atomic E-state index is 0.253. The first-order valence-electron chi connectivity index (χ1n) is 8.24. The summed E-state index contributed by atoms with van der Waals surface area (Å²) in [6.45, 7) is 7.86. The Morgan fingerprint density at radius 2 is 1.54 bits per heavy atom. The molecule has 1 aliphatic heterocycles. The maximum atomic E-state index is 11.9. The van der Waals surface area contributed by atoms with Crippen LogP contribution in [0.1, 0.15) is 38.1 Å². The Morgan fingerprint density at radius 3 is 1.96 bits per heavy atom. The van der Waals surface area contributed by atoms with Crippen LogP contribution in [0.4, 0.5) is 17.3 Å². The van der Waals surface area contributed by atoms with Gasteiger partial charge in [0.05, 0.1) is 13.2 Å². The molecule has 6 nitrogen and oxygen atoms in total. The van der Waals surface area contributed by atoms with Crippen molar-refractivity contribution in [2.75, 3.05) is 7.11 Å². The minimum Gasteiger partial charge on any atom is -0.497 e. The van der Waals surface area contributed by atoms with Gasteiger partial charge in [0.2, 0.25) is 0 Å². The zero-order valence-electron chi connectivity index (χ0n) is 16.2. The van der Waals surface area contributed by atoms with E-state index in [1.54, 1.807) is 43.7 Å². The van der Waals surface area contributed by atoms with Gasteiger partial charge in [0.1, 0.15) is 17.0 Å². The molecule has 2 N–H and O–H groups in total. The third-order valence-corrected chi connectivity index (χ3v) is 4.00. The van der Waals surface area contributed by atoms with Crippen LogP contribution in [0.15, 0.2) is 36.3 Å². The van der Waals surface area contributed by atoms with Crippen molar-refractivity contribution in [3.8, 4) is 5.75 Å². The van der Waals surface area contributed by atoms with Crippen molar-refractivity contribution in [3.63, 3.8) is 0 Å². The van der Waals surface area contributed by atoms with Crippen LogP contribution in [0.5, 0.6) is 5.75 Å². The lowest BCUT2D eigenvalue weighted by molar-refractivity contribution is -0.502. The molecule has 2 rings (SSSR count). The van der Waals surface area contributed by atoms with E-state index in [4.69, 9.17) is 14.2 Å². The molecule has 156 valence electrons. The van der Waals surface area contributed by atoms with Gasteiger partial charge >= 0.3 is 13.2 Å². The fourth-order valence-corrected chi connectivity index (χ4v) is 1.87. The molecule has 1 amide bonds. The molecule has 0 aromatic heterocycles. The number of carbonyl (C=O) groups is 1. The molecule has 1 aromatic rings. The Hall–Kier alpha value is -2.72. The molecule has 1 aromatic carbocycles. The number of carbonyl (C=O) groups excluding carboxylic acids is 1. The lowest BCUT2D eigenvalue weighted by atomic mass is 9.90. The number of hydrazone groups is 1. The molecule has 28 heavy (non-hydrogen) atoms. The van der Waals surface area contributed by atoms with E-state index in [2.05, 4.69) is 10.5 Å². The maximum Gasteiger partial charge on any atom is 0.673 e. The van der Waals surface area contributed by atoms with Crippen LogP contribution in [0.25, 0.3) is 0 Å². The van der Waals surface area contributed by atoms with E-state index in [1.165, 1.54) is 0 Å². The Kier molecular flexibility index (Phi) is 7.48. The van der Waals surface area contributed by atoms with Crippen LogP contribution >= 0.6 is 0 Å². The summed E-state index contributed by atoms with van der Waals surface area (Å²) in [4.78, 5) is 11.9. The van der Waals surface area contributed by atoms with Crippen LogP contribution in [-0.2, 0) is 9.47 Å². The number of hydrogen-bond acceptors (Lipinski definition) is 4. The minimum atomic E-state index is -6.00. The topological polar surface area (TPSA) is 70.8 Å². The molecular formula is C17H23BF4N2O4. The third kappa shape index (κ3) is 7.49. The summed E-state index contributed by atoms with van der Waals surface area (Å²) in [5.41, 5.74) is 2.25. The summed E-state index contributed by atoms with van der Waals surface area (Å²) < 4.78 is 55.5. The summed E-state index contributed by atoms with van der Waals surface area (Å²) in [6.07, 6.45) is 3.18. The van der Waals surface area contributed by atoms with Crippen molar-refractivity contribution >= 4 is 19.4 Å². The number of methoxy groups -OCH3 is 1. The molecular weight excluding hydrogens is 383 g/mol. The number of hydrogen-bond donors (Lipinski definition) is 2. The molecule has 0 spiro atoms. The zero-order chi connectivity index (χ0) is 21.6. The average molecular weight is 406 g/mol. The van der Waals surface area contributed by atoms with Crippen molar-refractivity contribution in [2.24, 2.45) is 0 Å². The fraction of sp³-hybridized carbons (Fsp3) is 0.412. The summed E-state index contributed by atoms with van der Waals surface area (Å²) in [6, 6.07) is 6.82. The number of amides is 1. The van der Waals surface area contributed by atoms with Crippen LogP contribution in [0.2, 0.25) is 0 Å². The summed E-state index contributed by atoms with van der Waals surface area (Å²) in [7, 11) is -4.42. The van der Waals surface area contributed by atoms with Crippen molar-refractivity contribution in [1.29, 1.82) is 0 Å². The van der Waals surface area contributed by atoms with Gasteiger partial charge in [0.15, 0.2) is 6.21 Å². The van der Waals surface area contributed by atoms with Gasteiger partial charge in [-0.15, -0.1) is 10.5 Å². The van der Waals surface area contributed by atoms with Crippen LogP contribution < -0.4 is 15.3 Å². The molecule has 11 heteroatoms. The first-order chi connectivity index (χ1) is 12.7. The van der Waals surface area contributed by atoms with E-state index in [-0.39, 0.29) is 5.91 Å². The van der Waals surface area contributed by atoms with Gasteiger partial charge in [0, 0.05) is 5.56 Å². The molecule has 0 bridgehead atoms. The van der Waals surface area contributed by atoms with E-state index in [1.807, 2.05) is 27.7 Å². The SMILES string of the molecule is COc1ccc(C(=O)N/[NH+]=C/C=C2OC(C)(C)C(C)(C)O2)cc1.F[B-](F)(F)F. The normalized spacial score (nSPS) is 17.1. The van der Waals surface area contributed by atoms with Gasteiger partial charge in [-0.2, -0.15) is 0 Å². The smallest absolute Gasteiger partial charge is 0.497 e. The van der Waals surface area contributed by atoms with E-state index >= 15 is 0 Å². The molecule has 0 unspecified atom stereocenters. The predicted octanol–water partition coefficient (Wildman–Crippen LogP) is 2.24. The van der Waals surface area contributed by atoms with E-state index < -0.39 is 18.5 Å². The van der Waals surface area contributed by atoms with Gasteiger partial charge in [0.25, 0.3) is 5.95 Å². The maximum absolute atomic E-state index is 11.9. The molecule has 0 aliphatic carbocycles. The third-order valence-electron chi connectivity index (χ3n) is 4.00. The number of nitrogens with one attached hydrogen (secondary N) is 2. The van der Waals surface area contributed by atoms with Gasteiger partial charge < -0.3 is 31.5 Å². The van der Waals surface area contributed by atoms with E-state index in [0.717, 1.165) is 0 Å². The Morgan fingerprint density at radius 1 is 1.07 bits per heavy atom. The van der Waals surface area contributed by atoms with Crippen LogP contribution in [0.3, 0.4) is 0 Å². The van der Waals surface area contributed by atoms with Gasteiger partial charge in [-0.3, -0.25) is 4.79 Å². The lowest BCUT2D eigenvalue weighted by Crippen LogP contribution is -2.81. The standard InChI is InChI=1S/C17H22N2O4.BF4/c1-16(2)17(3,4)23-14(22-16)10-11-18-19-15(20)12-6-8-13(21-5)9-7-12;2-1(3,4)5/h6-11H,1-5H3,(H,19,20);/q;-1/p+1/b18-11+;. The number of ether oxygens (including phenoxy) is 3. The van der Waals surface area contributed by atoms with E-state index in [0.29, 0.717) is 17.3 Å². The van der Waals surface area contributed by atoms with Crippen molar-refractivity contribution in [2.45, 2.75) is 38.9 Å². The lowest BCUT2D eigenvalue weighted by Gasteiger charge is -2.28. The Balaban J connectivity index is 0.000000696. The van der Waals surface area contributed by atoms with Crippen LogP contribution in [0, 0.1) is 0 Å². The van der Waals surface area contributed by atoms with Crippen molar-refractivity contribution in [1.82, 2.24) is 5.43 Å². The second-order valence-corrected chi connectivity index (χ2v) is 6.70. The molecule has 0 saturated carbocycles. The van der Waals surface area contributed by atoms with Gasteiger partial charge in [-0.1, -0.05) is 0 Å². The highest BCUT2D eigenvalue weighted by Gasteiger charge is 2.48. The summed E-state index contributed by atoms with van der Waals surface area (Å²) in [5.74, 6) is 0.856. The number of benzene rings is 1. The van der Waals surface area contributed by atoms with E-state index in [9.17, 15) is 22.1 Å².